The maximum Gasteiger partial charge on any atom is 0.161 e. The molecule has 0 aliphatic carbocycles. The van der Waals surface area contributed by atoms with Crippen LogP contribution in [-0.2, 0) is 0 Å². The van der Waals surface area contributed by atoms with Crippen LogP contribution in [0, 0.1) is 0 Å². The van der Waals surface area contributed by atoms with Crippen LogP contribution in [0.25, 0.3) is 0 Å². The first kappa shape index (κ1) is 13.1. The summed E-state index contributed by atoms with van der Waals surface area (Å²) in [5.41, 5.74) is 1.31. The van der Waals surface area contributed by atoms with E-state index in [0.717, 1.165) is 31.1 Å². The molecule has 0 spiro atoms. The SMILES string of the molecule is CNC(c1ccc2c(c1)OCCCO2)C1CCCS1. The highest BCUT2D eigenvalue weighted by Crippen LogP contribution is 2.39. The lowest BCUT2D eigenvalue weighted by atomic mass is 10.0. The summed E-state index contributed by atoms with van der Waals surface area (Å²) in [5.74, 6) is 3.07. The van der Waals surface area contributed by atoms with Gasteiger partial charge in [0.15, 0.2) is 11.5 Å². The lowest BCUT2D eigenvalue weighted by molar-refractivity contribution is 0.297. The van der Waals surface area contributed by atoms with Crippen LogP contribution < -0.4 is 14.8 Å². The number of benzene rings is 1. The fourth-order valence-electron chi connectivity index (χ4n) is 2.81. The average molecular weight is 279 g/mol. The smallest absolute Gasteiger partial charge is 0.161 e. The first-order valence-corrected chi connectivity index (χ1v) is 8.12. The van der Waals surface area contributed by atoms with E-state index in [1.54, 1.807) is 0 Å². The maximum absolute atomic E-state index is 5.79. The van der Waals surface area contributed by atoms with Crippen molar-refractivity contribution in [2.24, 2.45) is 0 Å². The fourth-order valence-corrected chi connectivity index (χ4v) is 4.26. The van der Waals surface area contributed by atoms with Gasteiger partial charge in [-0.15, -0.1) is 0 Å². The minimum Gasteiger partial charge on any atom is -0.490 e. The van der Waals surface area contributed by atoms with Crippen molar-refractivity contribution in [3.05, 3.63) is 23.8 Å². The zero-order chi connectivity index (χ0) is 13.1. The van der Waals surface area contributed by atoms with Gasteiger partial charge in [0, 0.05) is 17.7 Å². The lowest BCUT2D eigenvalue weighted by Crippen LogP contribution is -2.25. The molecule has 0 aromatic heterocycles. The van der Waals surface area contributed by atoms with Crippen molar-refractivity contribution in [3.8, 4) is 11.5 Å². The fraction of sp³-hybridized carbons (Fsp3) is 0.600. The Bertz CT molecular complexity index is 432. The van der Waals surface area contributed by atoms with E-state index in [1.165, 1.54) is 24.2 Å². The van der Waals surface area contributed by atoms with Gasteiger partial charge in [-0.3, -0.25) is 0 Å². The van der Waals surface area contributed by atoms with Crippen molar-refractivity contribution in [1.82, 2.24) is 5.32 Å². The summed E-state index contributed by atoms with van der Waals surface area (Å²) in [6, 6.07) is 6.79. The van der Waals surface area contributed by atoms with Gasteiger partial charge >= 0.3 is 0 Å². The molecule has 0 amide bonds. The molecular formula is C15H21NO2S. The molecule has 2 aliphatic heterocycles. The van der Waals surface area contributed by atoms with E-state index < -0.39 is 0 Å². The zero-order valence-corrected chi connectivity index (χ0v) is 12.2. The van der Waals surface area contributed by atoms with Gasteiger partial charge in [0.1, 0.15) is 0 Å². The van der Waals surface area contributed by atoms with Gasteiger partial charge in [0.25, 0.3) is 0 Å². The van der Waals surface area contributed by atoms with Crippen LogP contribution in [0.2, 0.25) is 0 Å². The third kappa shape index (κ3) is 2.84. The van der Waals surface area contributed by atoms with Crippen molar-refractivity contribution in [2.45, 2.75) is 30.6 Å². The molecule has 2 atom stereocenters. The van der Waals surface area contributed by atoms with E-state index in [0.29, 0.717) is 11.3 Å². The second-order valence-corrected chi connectivity index (χ2v) is 6.42. The Balaban J connectivity index is 1.85. The molecule has 104 valence electrons. The summed E-state index contributed by atoms with van der Waals surface area (Å²) in [5, 5.41) is 4.14. The summed E-state index contributed by atoms with van der Waals surface area (Å²) in [4.78, 5) is 0. The van der Waals surface area contributed by atoms with Crippen LogP contribution in [0.5, 0.6) is 11.5 Å². The molecule has 0 saturated carbocycles. The number of hydrogen-bond donors (Lipinski definition) is 1. The minimum absolute atomic E-state index is 0.407. The van der Waals surface area contributed by atoms with E-state index in [2.05, 4.69) is 35.3 Å². The highest BCUT2D eigenvalue weighted by Gasteiger charge is 2.26. The van der Waals surface area contributed by atoms with E-state index in [9.17, 15) is 0 Å². The van der Waals surface area contributed by atoms with E-state index in [4.69, 9.17) is 9.47 Å². The highest BCUT2D eigenvalue weighted by molar-refractivity contribution is 8.00. The first-order valence-electron chi connectivity index (χ1n) is 7.07. The summed E-state index contributed by atoms with van der Waals surface area (Å²) < 4.78 is 11.5. The molecule has 1 aromatic carbocycles. The molecule has 1 saturated heterocycles. The molecule has 0 bridgehead atoms. The van der Waals surface area contributed by atoms with Crippen LogP contribution in [0.4, 0.5) is 0 Å². The molecule has 19 heavy (non-hydrogen) atoms. The summed E-state index contributed by atoms with van der Waals surface area (Å²) >= 11 is 2.08. The minimum atomic E-state index is 0.407. The molecule has 4 heteroatoms. The Hall–Kier alpha value is -0.870. The van der Waals surface area contributed by atoms with E-state index in [1.807, 2.05) is 7.05 Å². The van der Waals surface area contributed by atoms with Gasteiger partial charge in [-0.25, -0.2) is 0 Å². The maximum atomic E-state index is 5.79. The van der Waals surface area contributed by atoms with E-state index in [-0.39, 0.29) is 0 Å². The van der Waals surface area contributed by atoms with Crippen LogP contribution in [0.1, 0.15) is 30.9 Å². The predicted molar refractivity (Wildman–Crippen MR) is 79.3 cm³/mol. The van der Waals surface area contributed by atoms with Crippen LogP contribution in [-0.4, -0.2) is 31.3 Å². The quantitative estimate of drug-likeness (QED) is 0.921. The number of fused-ring (bicyclic) bond motifs is 1. The topological polar surface area (TPSA) is 30.5 Å². The lowest BCUT2D eigenvalue weighted by Gasteiger charge is -2.23. The van der Waals surface area contributed by atoms with Crippen molar-refractivity contribution in [1.29, 1.82) is 0 Å². The Morgan fingerprint density at radius 3 is 2.79 bits per heavy atom. The van der Waals surface area contributed by atoms with Crippen molar-refractivity contribution < 1.29 is 9.47 Å². The third-order valence-electron chi connectivity index (χ3n) is 3.78. The van der Waals surface area contributed by atoms with Crippen molar-refractivity contribution in [2.75, 3.05) is 26.0 Å². The van der Waals surface area contributed by atoms with Gasteiger partial charge < -0.3 is 14.8 Å². The molecule has 2 aliphatic rings. The third-order valence-corrected chi connectivity index (χ3v) is 5.24. The Morgan fingerprint density at radius 2 is 2.05 bits per heavy atom. The van der Waals surface area contributed by atoms with Crippen LogP contribution >= 0.6 is 11.8 Å². The molecule has 1 fully saturated rings. The number of thioether (sulfide) groups is 1. The van der Waals surface area contributed by atoms with Gasteiger partial charge in [0.2, 0.25) is 0 Å². The zero-order valence-electron chi connectivity index (χ0n) is 11.4. The summed E-state index contributed by atoms with van der Waals surface area (Å²) in [7, 11) is 2.05. The summed E-state index contributed by atoms with van der Waals surface area (Å²) in [6.07, 6.45) is 3.58. The van der Waals surface area contributed by atoms with Gasteiger partial charge in [0.05, 0.1) is 13.2 Å². The van der Waals surface area contributed by atoms with E-state index >= 15 is 0 Å². The second-order valence-electron chi connectivity index (χ2n) is 5.07. The molecule has 1 aromatic rings. The van der Waals surface area contributed by atoms with Crippen molar-refractivity contribution in [3.63, 3.8) is 0 Å². The first-order chi connectivity index (χ1) is 9.38. The Kier molecular flexibility index (Phi) is 4.18. The molecule has 3 nitrogen and oxygen atoms in total. The largest absolute Gasteiger partial charge is 0.490 e. The molecule has 2 heterocycles. The number of rotatable bonds is 3. The molecule has 2 unspecified atom stereocenters. The average Bonchev–Trinajstić information content (AvgIpc) is 2.85. The monoisotopic (exact) mass is 279 g/mol. The molecular weight excluding hydrogens is 258 g/mol. The normalized spacial score (nSPS) is 23.9. The molecule has 0 radical (unpaired) electrons. The highest BCUT2D eigenvalue weighted by atomic mass is 32.2. The number of hydrogen-bond acceptors (Lipinski definition) is 4. The second kappa shape index (κ2) is 6.06. The van der Waals surface area contributed by atoms with Gasteiger partial charge in [-0.2, -0.15) is 11.8 Å². The van der Waals surface area contributed by atoms with Crippen LogP contribution in [0.3, 0.4) is 0 Å². The molecule has 3 rings (SSSR count). The predicted octanol–water partition coefficient (Wildman–Crippen LogP) is 3.00. The van der Waals surface area contributed by atoms with Crippen LogP contribution in [0.15, 0.2) is 18.2 Å². The summed E-state index contributed by atoms with van der Waals surface area (Å²) in [6.45, 7) is 1.50. The van der Waals surface area contributed by atoms with Gasteiger partial charge in [-0.05, 0) is 43.3 Å². The van der Waals surface area contributed by atoms with Crippen molar-refractivity contribution >= 4 is 11.8 Å². The molecule has 1 N–H and O–H groups in total. The number of ether oxygens (including phenoxy) is 2. The Morgan fingerprint density at radius 1 is 1.21 bits per heavy atom. The number of nitrogens with one attached hydrogen (secondary N) is 1. The van der Waals surface area contributed by atoms with Gasteiger partial charge in [-0.1, -0.05) is 6.07 Å². The Labute approximate surface area is 119 Å². The standard InChI is InChI=1S/C15H21NO2S/c1-16-15(14-4-2-9-19-14)11-5-6-12-13(10-11)18-8-3-7-17-12/h5-6,10,14-16H,2-4,7-9H2,1H3.